The van der Waals surface area contributed by atoms with Crippen molar-refractivity contribution in [1.29, 1.82) is 0 Å². The smallest absolute Gasteiger partial charge is 0.237 e. The van der Waals surface area contributed by atoms with Gasteiger partial charge in [0.25, 0.3) is 0 Å². The van der Waals surface area contributed by atoms with Gasteiger partial charge >= 0.3 is 0 Å². The maximum absolute atomic E-state index is 13.1. The molecule has 3 rings (SSSR count). The van der Waals surface area contributed by atoms with Gasteiger partial charge in [-0.1, -0.05) is 54.6 Å². The summed E-state index contributed by atoms with van der Waals surface area (Å²) in [4.78, 5) is 16.8. The lowest BCUT2D eigenvalue weighted by molar-refractivity contribution is -0.115. The van der Waals surface area contributed by atoms with Gasteiger partial charge in [0, 0.05) is 5.56 Å². The van der Waals surface area contributed by atoms with Gasteiger partial charge in [0.15, 0.2) is 5.82 Å². The first-order chi connectivity index (χ1) is 13.0. The number of carbonyl (C=O) groups is 1. The highest BCUT2D eigenvalue weighted by atomic mass is 35.5. The Morgan fingerprint density at radius 3 is 2.70 bits per heavy atom. The molecule has 0 spiro atoms. The van der Waals surface area contributed by atoms with Gasteiger partial charge in [0.1, 0.15) is 5.82 Å². The number of amides is 1. The molecule has 0 saturated carbocycles. The molecule has 0 aliphatic heterocycles. The number of aryl methyl sites for hydroxylation is 1. The zero-order valence-electron chi connectivity index (χ0n) is 14.8. The first-order valence-electron chi connectivity index (χ1n) is 8.40. The number of H-pyrrole nitrogens is 1. The zero-order chi connectivity index (χ0) is 19.4. The quantitative estimate of drug-likeness (QED) is 0.570. The van der Waals surface area contributed by atoms with Gasteiger partial charge in [-0.05, 0) is 37.1 Å². The number of benzene rings is 2. The second-order valence-electron chi connectivity index (χ2n) is 5.89. The molecular formula is C19H18ClFN4OS. The summed E-state index contributed by atoms with van der Waals surface area (Å²) in [5.41, 5.74) is 2.54. The van der Waals surface area contributed by atoms with Gasteiger partial charge in [-0.3, -0.25) is 9.89 Å². The van der Waals surface area contributed by atoms with Crippen LogP contribution in [0.1, 0.15) is 19.4 Å². The van der Waals surface area contributed by atoms with Gasteiger partial charge < -0.3 is 5.32 Å². The van der Waals surface area contributed by atoms with E-state index in [2.05, 4.69) is 27.4 Å². The first-order valence-corrected chi connectivity index (χ1v) is 9.66. The van der Waals surface area contributed by atoms with Crippen molar-refractivity contribution in [2.45, 2.75) is 30.7 Å². The normalized spacial score (nSPS) is 12.0. The zero-order valence-corrected chi connectivity index (χ0v) is 16.4. The minimum atomic E-state index is -0.461. The van der Waals surface area contributed by atoms with Crippen molar-refractivity contribution in [3.63, 3.8) is 0 Å². The molecule has 27 heavy (non-hydrogen) atoms. The summed E-state index contributed by atoms with van der Waals surface area (Å²) in [6.45, 7) is 3.84. The Hall–Kier alpha value is -2.38. The molecule has 0 radical (unpaired) electrons. The number of carbonyl (C=O) groups excluding carboxylic acids is 1. The number of hydrogen-bond acceptors (Lipinski definition) is 4. The second-order valence-corrected chi connectivity index (χ2v) is 7.61. The summed E-state index contributed by atoms with van der Waals surface area (Å²) in [7, 11) is 0. The molecule has 140 valence electrons. The number of thioether (sulfide) groups is 1. The fraction of sp³-hybridized carbons (Fsp3) is 0.211. The highest BCUT2D eigenvalue weighted by Gasteiger charge is 2.18. The molecular weight excluding hydrogens is 387 g/mol. The van der Waals surface area contributed by atoms with Crippen LogP contribution in [0.25, 0.3) is 11.4 Å². The number of nitrogens with one attached hydrogen (secondary N) is 2. The summed E-state index contributed by atoms with van der Waals surface area (Å²) in [6, 6.07) is 11.9. The highest BCUT2D eigenvalue weighted by Crippen LogP contribution is 2.26. The standard InChI is InChI=1S/C19H18ClFN4OS/c1-3-12-4-6-13(7-5-12)17-23-19(25-24-17)27-11(2)18(26)22-16-9-8-14(21)10-15(16)20/h4-11H,3H2,1-2H3,(H,22,26)(H,23,24,25)/t11-/m1/s1. The van der Waals surface area contributed by atoms with Gasteiger partial charge in [-0.15, -0.1) is 5.10 Å². The van der Waals surface area contributed by atoms with Crippen LogP contribution in [0.3, 0.4) is 0 Å². The third kappa shape index (κ3) is 4.87. The predicted octanol–water partition coefficient (Wildman–Crippen LogP) is 4.95. The number of nitrogens with zero attached hydrogens (tertiary/aromatic N) is 2. The summed E-state index contributed by atoms with van der Waals surface area (Å²) in [6.07, 6.45) is 0.975. The van der Waals surface area contributed by atoms with Gasteiger partial charge in [-0.25, -0.2) is 9.37 Å². The fourth-order valence-electron chi connectivity index (χ4n) is 2.36. The summed E-state index contributed by atoms with van der Waals surface area (Å²) in [5, 5.41) is 9.90. The van der Waals surface area contributed by atoms with E-state index in [1.54, 1.807) is 6.92 Å². The molecule has 2 aromatic carbocycles. The molecule has 0 aliphatic rings. The van der Waals surface area contributed by atoms with Crippen molar-refractivity contribution >= 4 is 35.0 Å². The number of hydrogen-bond donors (Lipinski definition) is 2. The molecule has 1 amide bonds. The van der Waals surface area contributed by atoms with E-state index >= 15 is 0 Å². The van der Waals surface area contributed by atoms with Crippen LogP contribution in [0.4, 0.5) is 10.1 Å². The van der Waals surface area contributed by atoms with Gasteiger partial charge in [0.05, 0.1) is 16.0 Å². The summed E-state index contributed by atoms with van der Waals surface area (Å²) in [5.74, 6) is -0.0814. The Labute approximate surface area is 165 Å². The molecule has 0 fully saturated rings. The molecule has 0 aliphatic carbocycles. The van der Waals surface area contributed by atoms with Crippen LogP contribution >= 0.6 is 23.4 Å². The third-order valence-electron chi connectivity index (χ3n) is 3.94. The Kier molecular flexibility index (Phi) is 6.13. The molecule has 1 heterocycles. The van der Waals surface area contributed by atoms with Crippen molar-refractivity contribution in [3.05, 3.63) is 58.9 Å². The molecule has 1 atom stereocenters. The maximum atomic E-state index is 13.1. The van der Waals surface area contributed by atoms with Crippen molar-refractivity contribution in [2.24, 2.45) is 0 Å². The predicted molar refractivity (Wildman–Crippen MR) is 107 cm³/mol. The van der Waals surface area contributed by atoms with Crippen molar-refractivity contribution in [2.75, 3.05) is 5.32 Å². The number of aromatic nitrogens is 3. The Bertz CT molecular complexity index is 945. The summed E-state index contributed by atoms with van der Waals surface area (Å²) >= 11 is 7.16. The van der Waals surface area contributed by atoms with Gasteiger partial charge in [0.2, 0.25) is 11.1 Å². The lowest BCUT2D eigenvalue weighted by atomic mass is 10.1. The molecule has 3 aromatic rings. The minimum Gasteiger partial charge on any atom is -0.324 e. The maximum Gasteiger partial charge on any atom is 0.237 e. The Morgan fingerprint density at radius 2 is 2.04 bits per heavy atom. The van der Waals surface area contributed by atoms with Crippen LogP contribution < -0.4 is 5.32 Å². The van der Waals surface area contributed by atoms with E-state index in [9.17, 15) is 9.18 Å². The minimum absolute atomic E-state index is 0.149. The third-order valence-corrected chi connectivity index (χ3v) is 5.21. The molecule has 5 nitrogen and oxygen atoms in total. The van der Waals surface area contributed by atoms with E-state index in [4.69, 9.17) is 11.6 Å². The largest absolute Gasteiger partial charge is 0.324 e. The Balaban J connectivity index is 1.64. The van der Waals surface area contributed by atoms with E-state index in [-0.39, 0.29) is 10.9 Å². The van der Waals surface area contributed by atoms with E-state index in [0.29, 0.717) is 16.7 Å². The topological polar surface area (TPSA) is 70.7 Å². The van der Waals surface area contributed by atoms with E-state index in [1.807, 2.05) is 24.3 Å². The SMILES string of the molecule is CCc1ccc(-c2nc(S[C@H](C)C(=O)Nc3ccc(F)cc3Cl)n[nH]2)cc1. The van der Waals surface area contributed by atoms with Crippen LogP contribution in [-0.4, -0.2) is 26.3 Å². The second kappa shape index (κ2) is 8.54. The van der Waals surface area contributed by atoms with Crippen LogP contribution in [-0.2, 0) is 11.2 Å². The Morgan fingerprint density at radius 1 is 1.30 bits per heavy atom. The van der Waals surface area contributed by atoms with Crippen LogP contribution in [0, 0.1) is 5.82 Å². The molecule has 1 aromatic heterocycles. The lowest BCUT2D eigenvalue weighted by Crippen LogP contribution is -2.22. The monoisotopic (exact) mass is 404 g/mol. The van der Waals surface area contributed by atoms with Crippen LogP contribution in [0.15, 0.2) is 47.6 Å². The average Bonchev–Trinajstić information content (AvgIpc) is 3.12. The number of anilines is 1. The molecule has 0 saturated heterocycles. The molecule has 8 heteroatoms. The van der Waals surface area contributed by atoms with Crippen molar-refractivity contribution in [3.8, 4) is 11.4 Å². The number of rotatable bonds is 6. The highest BCUT2D eigenvalue weighted by molar-refractivity contribution is 8.00. The first kappa shape index (κ1) is 19.4. The van der Waals surface area contributed by atoms with Crippen molar-refractivity contribution in [1.82, 2.24) is 15.2 Å². The number of aromatic amines is 1. The van der Waals surface area contributed by atoms with E-state index < -0.39 is 11.1 Å². The van der Waals surface area contributed by atoms with Gasteiger partial charge in [-0.2, -0.15) is 0 Å². The van der Waals surface area contributed by atoms with Crippen LogP contribution in [0.2, 0.25) is 5.02 Å². The number of halogens is 2. The summed E-state index contributed by atoms with van der Waals surface area (Å²) < 4.78 is 13.1. The van der Waals surface area contributed by atoms with Crippen molar-refractivity contribution < 1.29 is 9.18 Å². The molecule has 0 bridgehead atoms. The molecule has 0 unspecified atom stereocenters. The fourth-order valence-corrected chi connectivity index (χ4v) is 3.30. The van der Waals surface area contributed by atoms with E-state index in [0.717, 1.165) is 18.1 Å². The van der Waals surface area contributed by atoms with Crippen LogP contribution in [0.5, 0.6) is 0 Å². The van der Waals surface area contributed by atoms with E-state index in [1.165, 1.54) is 29.5 Å². The average molecular weight is 405 g/mol. The molecule has 2 N–H and O–H groups in total. The lowest BCUT2D eigenvalue weighted by Gasteiger charge is -2.11.